The van der Waals surface area contributed by atoms with E-state index < -0.39 is 5.91 Å². The number of rotatable bonds is 6. The van der Waals surface area contributed by atoms with Crippen molar-refractivity contribution in [1.82, 2.24) is 10.9 Å². The molecule has 0 spiro atoms. The number of nitrogens with one attached hydrogen (secondary N) is 2. The van der Waals surface area contributed by atoms with Crippen molar-refractivity contribution in [3.8, 4) is 11.5 Å². The van der Waals surface area contributed by atoms with E-state index in [1.54, 1.807) is 29.6 Å². The first-order valence-electron chi connectivity index (χ1n) is 8.27. The van der Waals surface area contributed by atoms with Gasteiger partial charge in [-0.2, -0.15) is 0 Å². The Morgan fingerprint density at radius 3 is 2.46 bits per heavy atom. The van der Waals surface area contributed by atoms with E-state index in [9.17, 15) is 9.59 Å². The van der Waals surface area contributed by atoms with Gasteiger partial charge >= 0.3 is 0 Å². The van der Waals surface area contributed by atoms with Gasteiger partial charge in [0.05, 0.1) is 16.5 Å². The topological polar surface area (TPSA) is 76.7 Å². The van der Waals surface area contributed by atoms with Crippen LogP contribution >= 0.6 is 27.3 Å². The largest absolute Gasteiger partial charge is 0.493 e. The second-order valence-electron chi connectivity index (χ2n) is 5.65. The van der Waals surface area contributed by atoms with Gasteiger partial charge in [-0.1, -0.05) is 36.4 Å². The lowest BCUT2D eigenvalue weighted by atomic mass is 10.2. The highest BCUT2D eigenvalue weighted by atomic mass is 79.9. The maximum atomic E-state index is 12.4. The summed E-state index contributed by atoms with van der Waals surface area (Å²) in [5.74, 6) is 0.0428. The third-order valence-electron chi connectivity index (χ3n) is 3.75. The van der Waals surface area contributed by atoms with Gasteiger partial charge in [0.2, 0.25) is 0 Å². The minimum Gasteiger partial charge on any atom is -0.493 e. The molecule has 0 aliphatic heterocycles. The number of hydrazine groups is 1. The van der Waals surface area contributed by atoms with Crippen molar-refractivity contribution >= 4 is 39.1 Å². The number of amides is 2. The van der Waals surface area contributed by atoms with Crippen LogP contribution in [0.4, 0.5) is 0 Å². The van der Waals surface area contributed by atoms with Crippen molar-refractivity contribution in [3.63, 3.8) is 0 Å². The predicted octanol–water partition coefficient (Wildman–Crippen LogP) is 4.17. The van der Waals surface area contributed by atoms with Crippen LogP contribution in [0.1, 0.15) is 25.6 Å². The van der Waals surface area contributed by atoms with E-state index in [1.807, 2.05) is 30.3 Å². The summed E-state index contributed by atoms with van der Waals surface area (Å²) in [4.78, 5) is 24.8. The second kappa shape index (κ2) is 9.38. The van der Waals surface area contributed by atoms with Gasteiger partial charge in [-0.3, -0.25) is 20.4 Å². The highest BCUT2D eigenvalue weighted by molar-refractivity contribution is 9.10. The van der Waals surface area contributed by atoms with Crippen LogP contribution in [0.25, 0.3) is 0 Å². The standard InChI is InChI=1S/C20H17BrN2O4S/c1-26-16-11-14(19(24)22-23-20(25)17-8-5-9-28-17)10-15(21)18(16)27-12-13-6-3-2-4-7-13/h2-11H,12H2,1H3,(H,22,24)(H,23,25). The maximum Gasteiger partial charge on any atom is 0.279 e. The minimum atomic E-state index is -0.474. The van der Waals surface area contributed by atoms with Crippen LogP contribution < -0.4 is 20.3 Å². The van der Waals surface area contributed by atoms with Crippen LogP contribution in [0.15, 0.2) is 64.5 Å². The normalized spacial score (nSPS) is 10.2. The first kappa shape index (κ1) is 19.9. The summed E-state index contributed by atoms with van der Waals surface area (Å²) in [5.41, 5.74) is 6.10. The van der Waals surface area contributed by atoms with Crippen LogP contribution in [-0.4, -0.2) is 18.9 Å². The quantitative estimate of drug-likeness (QED) is 0.541. The lowest BCUT2D eigenvalue weighted by Crippen LogP contribution is -2.41. The summed E-state index contributed by atoms with van der Waals surface area (Å²) in [6.45, 7) is 0.359. The molecule has 0 saturated carbocycles. The molecule has 0 fully saturated rings. The number of thiophene rings is 1. The fourth-order valence-electron chi connectivity index (χ4n) is 2.38. The highest BCUT2D eigenvalue weighted by Gasteiger charge is 2.17. The van der Waals surface area contributed by atoms with Crippen LogP contribution in [0, 0.1) is 0 Å². The number of carbonyl (C=O) groups excluding carboxylic acids is 2. The second-order valence-corrected chi connectivity index (χ2v) is 7.45. The fraction of sp³-hybridized carbons (Fsp3) is 0.100. The monoisotopic (exact) mass is 460 g/mol. The zero-order valence-electron chi connectivity index (χ0n) is 14.9. The van der Waals surface area contributed by atoms with E-state index in [2.05, 4.69) is 26.8 Å². The molecule has 0 radical (unpaired) electrons. The average Bonchev–Trinajstić information content (AvgIpc) is 3.26. The number of hydrogen-bond donors (Lipinski definition) is 2. The molecular formula is C20H17BrN2O4S. The highest BCUT2D eigenvalue weighted by Crippen LogP contribution is 2.37. The molecule has 0 saturated heterocycles. The van der Waals surface area contributed by atoms with Crippen molar-refractivity contribution in [2.45, 2.75) is 6.61 Å². The Balaban J connectivity index is 1.69. The SMILES string of the molecule is COc1cc(C(=O)NNC(=O)c2cccs2)cc(Br)c1OCc1ccccc1. The van der Waals surface area contributed by atoms with E-state index in [1.165, 1.54) is 18.4 Å². The zero-order chi connectivity index (χ0) is 19.9. The molecule has 8 heteroatoms. The minimum absolute atomic E-state index is 0.308. The van der Waals surface area contributed by atoms with E-state index in [0.29, 0.717) is 33.0 Å². The molecule has 0 unspecified atom stereocenters. The number of hydrogen-bond acceptors (Lipinski definition) is 5. The summed E-state index contributed by atoms with van der Waals surface area (Å²) >= 11 is 4.71. The van der Waals surface area contributed by atoms with E-state index >= 15 is 0 Å². The molecule has 1 heterocycles. The Kier molecular flexibility index (Phi) is 6.67. The third-order valence-corrected chi connectivity index (χ3v) is 5.21. The van der Waals surface area contributed by atoms with Crippen molar-refractivity contribution in [1.29, 1.82) is 0 Å². The number of carbonyl (C=O) groups is 2. The molecule has 0 atom stereocenters. The molecule has 2 amide bonds. The Morgan fingerprint density at radius 1 is 1.04 bits per heavy atom. The molecule has 3 aromatic rings. The Bertz CT molecular complexity index is 962. The molecule has 0 aliphatic rings. The number of methoxy groups -OCH3 is 1. The van der Waals surface area contributed by atoms with Crippen molar-refractivity contribution < 1.29 is 19.1 Å². The summed E-state index contributed by atoms with van der Waals surface area (Å²) in [6.07, 6.45) is 0. The van der Waals surface area contributed by atoms with Crippen LogP contribution in [0.5, 0.6) is 11.5 Å². The van der Waals surface area contributed by atoms with E-state index in [0.717, 1.165) is 5.56 Å². The molecule has 0 aliphatic carbocycles. The van der Waals surface area contributed by atoms with Crippen LogP contribution in [0.3, 0.4) is 0 Å². The molecule has 144 valence electrons. The fourth-order valence-corrected chi connectivity index (χ4v) is 3.55. The molecule has 28 heavy (non-hydrogen) atoms. The van der Waals surface area contributed by atoms with Gasteiger partial charge in [-0.05, 0) is 45.1 Å². The van der Waals surface area contributed by atoms with Gasteiger partial charge in [0.1, 0.15) is 6.61 Å². The average molecular weight is 461 g/mol. The smallest absolute Gasteiger partial charge is 0.279 e. The van der Waals surface area contributed by atoms with Crippen molar-refractivity contribution in [2.24, 2.45) is 0 Å². The molecule has 2 N–H and O–H groups in total. The van der Waals surface area contributed by atoms with Gasteiger partial charge in [-0.15, -0.1) is 11.3 Å². The summed E-state index contributed by atoms with van der Waals surface area (Å²) in [6, 6.07) is 16.3. The van der Waals surface area contributed by atoms with E-state index in [4.69, 9.17) is 9.47 Å². The lowest BCUT2D eigenvalue weighted by molar-refractivity contribution is 0.0848. The number of halogens is 1. The Hall–Kier alpha value is -2.84. The number of benzene rings is 2. The first-order chi connectivity index (χ1) is 13.6. The van der Waals surface area contributed by atoms with Crippen molar-refractivity contribution in [2.75, 3.05) is 7.11 Å². The molecule has 0 bridgehead atoms. The molecular weight excluding hydrogens is 444 g/mol. The van der Waals surface area contributed by atoms with Gasteiger partial charge < -0.3 is 9.47 Å². The molecule has 1 aromatic heterocycles. The summed E-state index contributed by atoms with van der Waals surface area (Å²) in [7, 11) is 1.50. The van der Waals surface area contributed by atoms with Gasteiger partial charge in [0.25, 0.3) is 11.8 Å². The third kappa shape index (κ3) is 4.90. The van der Waals surface area contributed by atoms with Gasteiger partial charge in [-0.25, -0.2) is 0 Å². The molecule has 2 aromatic carbocycles. The van der Waals surface area contributed by atoms with Gasteiger partial charge in [0.15, 0.2) is 11.5 Å². The Morgan fingerprint density at radius 2 is 1.79 bits per heavy atom. The molecule has 3 rings (SSSR count). The summed E-state index contributed by atoms with van der Waals surface area (Å²) in [5, 5.41) is 1.78. The maximum absolute atomic E-state index is 12.4. The predicted molar refractivity (Wildman–Crippen MR) is 111 cm³/mol. The summed E-state index contributed by atoms with van der Waals surface area (Å²) < 4.78 is 11.8. The van der Waals surface area contributed by atoms with Gasteiger partial charge in [0, 0.05) is 5.56 Å². The Labute approximate surface area is 174 Å². The first-order valence-corrected chi connectivity index (χ1v) is 9.94. The zero-order valence-corrected chi connectivity index (χ0v) is 17.3. The van der Waals surface area contributed by atoms with Crippen molar-refractivity contribution in [3.05, 3.63) is 80.5 Å². The van der Waals surface area contributed by atoms with E-state index in [-0.39, 0.29) is 5.91 Å². The molecule has 6 nitrogen and oxygen atoms in total. The lowest BCUT2D eigenvalue weighted by Gasteiger charge is -2.14. The van der Waals surface area contributed by atoms with Crippen LogP contribution in [-0.2, 0) is 6.61 Å². The van der Waals surface area contributed by atoms with Crippen LogP contribution in [0.2, 0.25) is 0 Å². The number of ether oxygens (including phenoxy) is 2.